The number of nitrogens with one attached hydrogen (secondary N) is 2. The van der Waals surface area contributed by atoms with E-state index in [4.69, 9.17) is 17.2 Å². The lowest BCUT2D eigenvalue weighted by Gasteiger charge is -2.28. The summed E-state index contributed by atoms with van der Waals surface area (Å²) in [6.07, 6.45) is 3.89. The van der Waals surface area contributed by atoms with Gasteiger partial charge in [0.2, 0.25) is 17.7 Å². The zero-order valence-corrected chi connectivity index (χ0v) is 19.4. The van der Waals surface area contributed by atoms with E-state index in [-0.39, 0.29) is 18.9 Å². The summed E-state index contributed by atoms with van der Waals surface area (Å²) in [6.45, 7) is 2.04. The second-order valence-electron chi connectivity index (χ2n) is 7.66. The number of aliphatic imine (C=N–C) groups is 1. The first-order valence-electron chi connectivity index (χ1n) is 10.5. The van der Waals surface area contributed by atoms with E-state index < -0.39 is 47.9 Å². The van der Waals surface area contributed by atoms with Crippen molar-refractivity contribution in [3.05, 3.63) is 0 Å². The van der Waals surface area contributed by atoms with E-state index in [0.717, 1.165) is 0 Å². The highest BCUT2D eigenvalue weighted by molar-refractivity contribution is 7.98. The zero-order valence-electron chi connectivity index (χ0n) is 18.6. The van der Waals surface area contributed by atoms with Crippen molar-refractivity contribution >= 4 is 41.4 Å². The maximum Gasteiger partial charge on any atom is 0.326 e. The zero-order chi connectivity index (χ0) is 24.3. The molecular weight excluding hydrogens is 438 g/mol. The highest BCUT2D eigenvalue weighted by Crippen LogP contribution is 2.19. The molecule has 1 aliphatic rings. The van der Waals surface area contributed by atoms with Gasteiger partial charge in [0.25, 0.3) is 0 Å². The van der Waals surface area contributed by atoms with Crippen LogP contribution in [0.4, 0.5) is 0 Å². The van der Waals surface area contributed by atoms with Gasteiger partial charge in [-0.1, -0.05) is 0 Å². The number of carbonyl (C=O) groups excluding carboxylic acids is 3. The van der Waals surface area contributed by atoms with Crippen LogP contribution in [0.5, 0.6) is 0 Å². The molecule has 0 saturated carbocycles. The molecule has 0 aromatic carbocycles. The first-order valence-corrected chi connectivity index (χ1v) is 11.9. The van der Waals surface area contributed by atoms with Crippen LogP contribution in [-0.2, 0) is 19.2 Å². The lowest BCUT2D eigenvalue weighted by atomic mass is 10.1. The molecule has 9 N–H and O–H groups in total. The van der Waals surface area contributed by atoms with Crippen LogP contribution in [0.25, 0.3) is 0 Å². The minimum atomic E-state index is -1.08. The van der Waals surface area contributed by atoms with E-state index in [2.05, 4.69) is 15.6 Å². The maximum atomic E-state index is 13.0. The summed E-state index contributed by atoms with van der Waals surface area (Å²) in [5, 5.41) is 14.6. The van der Waals surface area contributed by atoms with Crippen LogP contribution in [0.2, 0.25) is 0 Å². The maximum absolute atomic E-state index is 13.0. The standard InChI is InChI=1S/C19H35N7O5S/c1-11(24-16(28)12(20)7-10-32-2)15(27)25-13(5-3-8-23-19(21)22)17(29)26-9-4-6-14(26)18(30)31/h11-14H,3-10,20H2,1-2H3,(H,24,28)(H,25,27)(H,30,31)(H4,21,22,23). The van der Waals surface area contributed by atoms with Crippen molar-refractivity contribution in [1.82, 2.24) is 15.5 Å². The Morgan fingerprint density at radius 3 is 2.47 bits per heavy atom. The molecule has 32 heavy (non-hydrogen) atoms. The number of hydrogen-bond donors (Lipinski definition) is 6. The second kappa shape index (κ2) is 13.8. The summed E-state index contributed by atoms with van der Waals surface area (Å²) < 4.78 is 0. The molecule has 1 saturated heterocycles. The molecule has 13 heteroatoms. The summed E-state index contributed by atoms with van der Waals surface area (Å²) >= 11 is 1.56. The highest BCUT2D eigenvalue weighted by Gasteiger charge is 2.37. The van der Waals surface area contributed by atoms with Gasteiger partial charge >= 0.3 is 5.97 Å². The molecule has 1 heterocycles. The van der Waals surface area contributed by atoms with Gasteiger partial charge in [0.05, 0.1) is 6.04 Å². The number of amides is 3. The summed E-state index contributed by atoms with van der Waals surface area (Å²) in [5.41, 5.74) is 16.4. The Labute approximate surface area is 192 Å². The molecule has 0 radical (unpaired) electrons. The second-order valence-corrected chi connectivity index (χ2v) is 8.64. The number of carbonyl (C=O) groups is 4. The summed E-state index contributed by atoms with van der Waals surface area (Å²) in [6, 6.07) is -3.56. The third-order valence-electron chi connectivity index (χ3n) is 5.10. The van der Waals surface area contributed by atoms with Crippen molar-refractivity contribution in [1.29, 1.82) is 0 Å². The van der Waals surface area contributed by atoms with Gasteiger partial charge in [0, 0.05) is 13.1 Å². The van der Waals surface area contributed by atoms with Gasteiger partial charge in [-0.15, -0.1) is 0 Å². The summed E-state index contributed by atoms with van der Waals surface area (Å²) in [4.78, 5) is 54.5. The molecule has 4 atom stereocenters. The molecule has 182 valence electrons. The molecule has 3 amide bonds. The molecule has 1 rings (SSSR count). The van der Waals surface area contributed by atoms with Crippen molar-refractivity contribution in [2.75, 3.05) is 25.1 Å². The summed E-state index contributed by atoms with van der Waals surface area (Å²) in [7, 11) is 0. The highest BCUT2D eigenvalue weighted by atomic mass is 32.2. The average molecular weight is 474 g/mol. The fraction of sp³-hybridized carbons (Fsp3) is 0.737. The van der Waals surface area contributed by atoms with E-state index in [9.17, 15) is 24.3 Å². The number of hydrogen-bond acceptors (Lipinski definition) is 7. The minimum absolute atomic E-state index is 0.0865. The summed E-state index contributed by atoms with van der Waals surface area (Å²) in [5.74, 6) is -1.97. The number of guanidine groups is 1. The number of aliphatic carboxylic acids is 1. The number of thioether (sulfide) groups is 1. The number of carboxylic acids is 1. The van der Waals surface area contributed by atoms with Crippen LogP contribution >= 0.6 is 11.8 Å². The number of carboxylic acid groups (broad SMARTS) is 1. The lowest BCUT2D eigenvalue weighted by Crippen LogP contribution is -2.56. The normalized spacial score (nSPS) is 18.3. The molecule has 4 unspecified atom stereocenters. The van der Waals surface area contributed by atoms with E-state index in [1.54, 1.807) is 11.8 Å². The Morgan fingerprint density at radius 1 is 1.19 bits per heavy atom. The number of likely N-dealkylation sites (tertiary alicyclic amines) is 1. The van der Waals surface area contributed by atoms with Crippen molar-refractivity contribution in [2.24, 2.45) is 22.2 Å². The van der Waals surface area contributed by atoms with Crippen molar-refractivity contribution in [2.45, 2.75) is 63.2 Å². The fourth-order valence-corrected chi connectivity index (χ4v) is 3.80. The number of nitrogens with two attached hydrogens (primary N) is 3. The monoisotopic (exact) mass is 473 g/mol. The average Bonchev–Trinajstić information content (AvgIpc) is 3.23. The molecule has 0 aromatic heterocycles. The van der Waals surface area contributed by atoms with E-state index in [1.165, 1.54) is 11.8 Å². The van der Waals surface area contributed by atoms with Gasteiger partial charge in [-0.2, -0.15) is 11.8 Å². The van der Waals surface area contributed by atoms with Crippen molar-refractivity contribution in [3.63, 3.8) is 0 Å². The van der Waals surface area contributed by atoms with Crippen molar-refractivity contribution in [3.8, 4) is 0 Å². The molecule has 0 spiro atoms. The molecule has 0 aliphatic carbocycles. The Kier molecular flexibility index (Phi) is 11.8. The first-order chi connectivity index (χ1) is 15.1. The number of nitrogens with zero attached hydrogens (tertiary/aromatic N) is 2. The Morgan fingerprint density at radius 2 is 1.88 bits per heavy atom. The Hall–Kier alpha value is -2.54. The van der Waals surface area contributed by atoms with Gasteiger partial charge in [-0.3, -0.25) is 19.4 Å². The van der Waals surface area contributed by atoms with Crippen LogP contribution in [0.1, 0.15) is 39.0 Å². The largest absolute Gasteiger partial charge is 0.480 e. The molecular formula is C19H35N7O5S. The van der Waals surface area contributed by atoms with Crippen molar-refractivity contribution < 1.29 is 24.3 Å². The minimum Gasteiger partial charge on any atom is -0.480 e. The smallest absolute Gasteiger partial charge is 0.326 e. The predicted octanol–water partition coefficient (Wildman–Crippen LogP) is -1.81. The van der Waals surface area contributed by atoms with Crippen LogP contribution in [0.3, 0.4) is 0 Å². The van der Waals surface area contributed by atoms with E-state index in [1.807, 2.05) is 6.26 Å². The first kappa shape index (κ1) is 27.5. The molecule has 0 aromatic rings. The third kappa shape index (κ3) is 8.91. The van der Waals surface area contributed by atoms with E-state index in [0.29, 0.717) is 38.0 Å². The molecule has 1 aliphatic heterocycles. The van der Waals surface area contributed by atoms with Crippen LogP contribution in [0.15, 0.2) is 4.99 Å². The van der Waals surface area contributed by atoms with Gasteiger partial charge in [0.15, 0.2) is 5.96 Å². The molecule has 1 fully saturated rings. The molecule has 0 bridgehead atoms. The van der Waals surface area contributed by atoms with Crippen LogP contribution in [-0.4, -0.2) is 88.9 Å². The number of rotatable bonds is 13. The molecule has 12 nitrogen and oxygen atoms in total. The van der Waals surface area contributed by atoms with Gasteiger partial charge in [-0.05, 0) is 51.0 Å². The fourth-order valence-electron chi connectivity index (χ4n) is 3.31. The van der Waals surface area contributed by atoms with Crippen LogP contribution in [0, 0.1) is 0 Å². The quantitative estimate of drug-likeness (QED) is 0.101. The van der Waals surface area contributed by atoms with Gasteiger partial charge < -0.3 is 37.8 Å². The topological polar surface area (TPSA) is 206 Å². The third-order valence-corrected chi connectivity index (χ3v) is 5.75. The Balaban J connectivity index is 2.81. The van der Waals surface area contributed by atoms with Gasteiger partial charge in [-0.25, -0.2) is 4.79 Å². The predicted molar refractivity (Wildman–Crippen MR) is 123 cm³/mol. The van der Waals surface area contributed by atoms with E-state index >= 15 is 0 Å². The Bertz CT molecular complexity index is 702. The SMILES string of the molecule is CSCCC(N)C(=O)NC(C)C(=O)NC(CCCN=C(N)N)C(=O)N1CCCC1C(=O)O. The van der Waals surface area contributed by atoms with Gasteiger partial charge in [0.1, 0.15) is 18.1 Å². The lowest BCUT2D eigenvalue weighted by molar-refractivity contribution is -0.149. The van der Waals surface area contributed by atoms with Crippen LogP contribution < -0.4 is 27.8 Å².